The highest BCUT2D eigenvalue weighted by molar-refractivity contribution is 9.10. The van der Waals surface area contributed by atoms with E-state index in [9.17, 15) is 4.79 Å². The maximum atomic E-state index is 10.8. The molecule has 0 saturated heterocycles. The molecule has 0 aliphatic rings. The fraction of sp³-hybridized carbons (Fsp3) is 0.231. The summed E-state index contributed by atoms with van der Waals surface area (Å²) < 4.78 is 6.29. The number of nitrogens with zero attached hydrogens (tertiary/aromatic N) is 1. The average Bonchev–Trinajstić information content (AvgIpc) is 2.34. The second-order valence-electron chi connectivity index (χ2n) is 3.51. The summed E-state index contributed by atoms with van der Waals surface area (Å²) in [5.41, 5.74) is 0.242. The summed E-state index contributed by atoms with van der Waals surface area (Å²) in [5.74, 6) is -0.687. The van der Waals surface area contributed by atoms with Gasteiger partial charge in [0.2, 0.25) is 0 Å². The zero-order valence-corrected chi connectivity index (χ0v) is 11.4. The third kappa shape index (κ3) is 3.90. The lowest BCUT2D eigenvalue weighted by Gasteiger charge is -2.08. The molecule has 0 heterocycles. The van der Waals surface area contributed by atoms with Gasteiger partial charge >= 0.3 is 5.97 Å². The van der Waals surface area contributed by atoms with Gasteiger partial charge in [0, 0.05) is 10.0 Å². The Labute approximate surface area is 114 Å². The van der Waals surface area contributed by atoms with Crippen molar-refractivity contribution in [3.8, 4) is 11.8 Å². The molecule has 1 aromatic rings. The minimum Gasteiger partial charge on any atom is -0.493 e. The summed E-state index contributed by atoms with van der Waals surface area (Å²) in [7, 11) is 0. The molecule has 94 valence electrons. The van der Waals surface area contributed by atoms with Gasteiger partial charge in [-0.25, -0.2) is 4.79 Å². The lowest BCUT2D eigenvalue weighted by atomic mass is 10.1. The first kappa shape index (κ1) is 14.3. The molecule has 0 atom stereocenters. The van der Waals surface area contributed by atoms with Crippen LogP contribution in [0.1, 0.15) is 18.9 Å². The maximum absolute atomic E-state index is 10.8. The molecule has 1 rings (SSSR count). The van der Waals surface area contributed by atoms with E-state index in [1.54, 1.807) is 24.3 Å². The summed E-state index contributed by atoms with van der Waals surface area (Å²) in [6, 6.07) is 6.90. The van der Waals surface area contributed by atoms with Crippen LogP contribution in [-0.2, 0) is 4.79 Å². The molecule has 1 N–H and O–H groups in total. The van der Waals surface area contributed by atoms with Crippen LogP contribution in [0.4, 0.5) is 0 Å². The Morgan fingerprint density at radius 1 is 1.61 bits per heavy atom. The van der Waals surface area contributed by atoms with Gasteiger partial charge in [-0.2, -0.15) is 5.26 Å². The van der Waals surface area contributed by atoms with Crippen LogP contribution in [0.2, 0.25) is 0 Å². The quantitative estimate of drug-likeness (QED) is 0.669. The van der Waals surface area contributed by atoms with E-state index in [1.807, 2.05) is 6.92 Å². The molecule has 0 saturated carbocycles. The van der Waals surface area contributed by atoms with E-state index < -0.39 is 5.97 Å². The number of rotatable bonds is 5. The molecule has 18 heavy (non-hydrogen) atoms. The molecule has 0 aliphatic carbocycles. The average molecular weight is 310 g/mol. The van der Waals surface area contributed by atoms with Gasteiger partial charge in [0.25, 0.3) is 0 Å². The standard InChI is InChI=1S/C13H12BrNO3/c1-2-5-18-12-4-3-11(14)7-9(12)6-10(8-15)13(16)17/h3-4,6-7H,2,5H2,1H3,(H,16,17)/b10-6+. The van der Waals surface area contributed by atoms with Crippen molar-refractivity contribution >= 4 is 28.0 Å². The highest BCUT2D eigenvalue weighted by Crippen LogP contribution is 2.25. The van der Waals surface area contributed by atoms with Crippen LogP contribution in [0.3, 0.4) is 0 Å². The first-order chi connectivity index (χ1) is 8.58. The van der Waals surface area contributed by atoms with Gasteiger partial charge in [0.15, 0.2) is 0 Å². The number of hydrogen-bond donors (Lipinski definition) is 1. The molecule has 0 radical (unpaired) electrons. The summed E-state index contributed by atoms with van der Waals surface area (Å²) in [4.78, 5) is 10.8. The molecule has 0 bridgehead atoms. The van der Waals surface area contributed by atoms with Crippen molar-refractivity contribution in [1.29, 1.82) is 5.26 Å². The number of carboxylic acid groups (broad SMARTS) is 1. The van der Waals surface area contributed by atoms with Crippen LogP contribution in [0.5, 0.6) is 5.75 Å². The monoisotopic (exact) mass is 309 g/mol. The van der Waals surface area contributed by atoms with E-state index in [1.165, 1.54) is 6.08 Å². The molecular formula is C13H12BrNO3. The lowest BCUT2D eigenvalue weighted by molar-refractivity contribution is -0.132. The van der Waals surface area contributed by atoms with Gasteiger partial charge in [-0.1, -0.05) is 22.9 Å². The Bertz CT molecular complexity index is 517. The van der Waals surface area contributed by atoms with Crippen LogP contribution < -0.4 is 4.74 Å². The van der Waals surface area contributed by atoms with E-state index in [0.29, 0.717) is 17.9 Å². The fourth-order valence-electron chi connectivity index (χ4n) is 1.27. The molecule has 0 spiro atoms. The topological polar surface area (TPSA) is 70.3 Å². The predicted molar refractivity (Wildman–Crippen MR) is 71.2 cm³/mol. The molecule has 4 nitrogen and oxygen atoms in total. The number of carboxylic acids is 1. The first-order valence-corrected chi connectivity index (χ1v) is 6.15. The van der Waals surface area contributed by atoms with Crippen molar-refractivity contribution in [2.24, 2.45) is 0 Å². The predicted octanol–water partition coefficient (Wildman–Crippen LogP) is 3.23. The Hall–Kier alpha value is -1.80. The van der Waals surface area contributed by atoms with Crippen molar-refractivity contribution in [1.82, 2.24) is 0 Å². The number of nitriles is 1. The van der Waals surface area contributed by atoms with E-state index in [2.05, 4.69) is 15.9 Å². The summed E-state index contributed by atoms with van der Waals surface area (Å²) >= 11 is 3.30. The van der Waals surface area contributed by atoms with E-state index in [0.717, 1.165) is 10.9 Å². The second-order valence-corrected chi connectivity index (χ2v) is 4.42. The van der Waals surface area contributed by atoms with Crippen molar-refractivity contribution in [3.63, 3.8) is 0 Å². The number of ether oxygens (including phenoxy) is 1. The van der Waals surface area contributed by atoms with Crippen LogP contribution >= 0.6 is 15.9 Å². The Morgan fingerprint density at radius 3 is 2.89 bits per heavy atom. The third-order valence-corrected chi connectivity index (χ3v) is 2.58. The third-order valence-electron chi connectivity index (χ3n) is 2.08. The van der Waals surface area contributed by atoms with Crippen molar-refractivity contribution in [3.05, 3.63) is 33.8 Å². The highest BCUT2D eigenvalue weighted by atomic mass is 79.9. The van der Waals surface area contributed by atoms with Crippen molar-refractivity contribution in [2.75, 3.05) is 6.61 Å². The number of halogens is 1. The molecule has 1 aromatic carbocycles. The van der Waals surface area contributed by atoms with E-state index in [4.69, 9.17) is 15.1 Å². The van der Waals surface area contributed by atoms with Crippen molar-refractivity contribution < 1.29 is 14.6 Å². The summed E-state index contributed by atoms with van der Waals surface area (Å²) in [5, 5.41) is 17.6. The second kappa shape index (κ2) is 6.82. The largest absolute Gasteiger partial charge is 0.493 e. The number of carbonyl (C=O) groups is 1. The SMILES string of the molecule is CCCOc1ccc(Br)cc1/C=C(\C#N)C(=O)O. The van der Waals surface area contributed by atoms with Crippen molar-refractivity contribution in [2.45, 2.75) is 13.3 Å². The summed E-state index contributed by atoms with van der Waals surface area (Å²) in [6.07, 6.45) is 2.15. The molecule has 0 fully saturated rings. The highest BCUT2D eigenvalue weighted by Gasteiger charge is 2.09. The van der Waals surface area contributed by atoms with Gasteiger partial charge in [0.1, 0.15) is 17.4 Å². The normalized spacial score (nSPS) is 10.8. The Morgan fingerprint density at radius 2 is 2.33 bits per heavy atom. The zero-order valence-electron chi connectivity index (χ0n) is 9.81. The van der Waals surface area contributed by atoms with Gasteiger partial charge < -0.3 is 9.84 Å². The van der Waals surface area contributed by atoms with Gasteiger partial charge in [-0.05, 0) is 30.7 Å². The minimum atomic E-state index is -1.25. The Kier molecular flexibility index (Phi) is 5.40. The van der Waals surface area contributed by atoms with Crippen LogP contribution in [0.15, 0.2) is 28.2 Å². The van der Waals surface area contributed by atoms with Crippen LogP contribution in [0.25, 0.3) is 6.08 Å². The number of hydrogen-bond acceptors (Lipinski definition) is 3. The molecule has 0 unspecified atom stereocenters. The van der Waals surface area contributed by atoms with Gasteiger partial charge in [-0.15, -0.1) is 0 Å². The molecule has 5 heteroatoms. The zero-order chi connectivity index (χ0) is 13.5. The summed E-state index contributed by atoms with van der Waals surface area (Å²) in [6.45, 7) is 2.52. The van der Waals surface area contributed by atoms with Crippen LogP contribution in [0, 0.1) is 11.3 Å². The molecule has 0 aromatic heterocycles. The smallest absolute Gasteiger partial charge is 0.346 e. The Balaban J connectivity index is 3.17. The fourth-order valence-corrected chi connectivity index (χ4v) is 1.65. The van der Waals surface area contributed by atoms with E-state index in [-0.39, 0.29) is 5.57 Å². The van der Waals surface area contributed by atoms with Gasteiger partial charge in [-0.3, -0.25) is 0 Å². The van der Waals surface area contributed by atoms with Gasteiger partial charge in [0.05, 0.1) is 6.61 Å². The lowest BCUT2D eigenvalue weighted by Crippen LogP contribution is -2.00. The molecule has 0 aliphatic heterocycles. The first-order valence-electron chi connectivity index (χ1n) is 5.36. The van der Waals surface area contributed by atoms with E-state index >= 15 is 0 Å². The number of benzene rings is 1. The minimum absolute atomic E-state index is 0.325. The number of aliphatic carboxylic acids is 1. The molecule has 0 amide bonds. The maximum Gasteiger partial charge on any atom is 0.346 e. The molecular weight excluding hydrogens is 298 g/mol. The van der Waals surface area contributed by atoms with Crippen LogP contribution in [-0.4, -0.2) is 17.7 Å².